The molecule has 6 heteroatoms. The van der Waals surface area contributed by atoms with E-state index < -0.39 is 0 Å². The minimum Gasteiger partial charge on any atom is -0.439 e. The van der Waals surface area contributed by atoms with Gasteiger partial charge >= 0.3 is 0 Å². The maximum Gasteiger partial charge on any atom is 0.204 e. The third-order valence-electron chi connectivity index (χ3n) is 6.43. The van der Waals surface area contributed by atoms with Gasteiger partial charge in [-0.05, 0) is 17.1 Å². The fraction of sp³-hybridized carbons (Fsp3) is 0.267. The first-order chi connectivity index (χ1) is 17.5. The number of hydrogen-bond donors (Lipinski definition) is 1. The summed E-state index contributed by atoms with van der Waals surface area (Å²) in [5, 5.41) is 10.9. The highest BCUT2D eigenvalue weighted by molar-refractivity contribution is 7.17. The highest BCUT2D eigenvalue weighted by Crippen LogP contribution is 2.35. The molecule has 1 N–H and O–H groups in total. The third kappa shape index (κ3) is 5.35. The van der Waals surface area contributed by atoms with E-state index >= 15 is 0 Å². The van der Waals surface area contributed by atoms with Gasteiger partial charge in [-0.3, -0.25) is 10.2 Å². The Labute approximate surface area is 216 Å². The van der Waals surface area contributed by atoms with Gasteiger partial charge < -0.3 is 14.1 Å². The molecule has 3 aromatic rings. The number of nitrogens with one attached hydrogen (secondary N) is 1. The SMILES string of the molecule is C=C/C=C(C=C)\C(=C/C(C)CC)C(=N)c1ccc(-c2csc3c(=O)cc(N4CCOCC4)oc23)cc1. The van der Waals surface area contributed by atoms with Crippen LogP contribution in [0.4, 0.5) is 5.88 Å². The third-order valence-corrected chi connectivity index (χ3v) is 7.41. The zero-order valence-electron chi connectivity index (χ0n) is 20.9. The van der Waals surface area contributed by atoms with Gasteiger partial charge in [0, 0.05) is 41.2 Å². The molecule has 1 aromatic carbocycles. The van der Waals surface area contributed by atoms with E-state index in [-0.39, 0.29) is 5.43 Å². The molecule has 1 atom stereocenters. The molecule has 186 valence electrons. The number of fused-ring (bicyclic) bond motifs is 1. The van der Waals surface area contributed by atoms with Crippen molar-refractivity contribution in [2.45, 2.75) is 20.3 Å². The van der Waals surface area contributed by atoms with Crippen LogP contribution >= 0.6 is 11.3 Å². The monoisotopic (exact) mass is 500 g/mol. The predicted molar refractivity (Wildman–Crippen MR) is 152 cm³/mol. The van der Waals surface area contributed by atoms with Gasteiger partial charge in [0.2, 0.25) is 5.43 Å². The van der Waals surface area contributed by atoms with Crippen molar-refractivity contribution in [1.82, 2.24) is 0 Å². The van der Waals surface area contributed by atoms with Crippen LogP contribution in [0.5, 0.6) is 0 Å². The van der Waals surface area contributed by atoms with Gasteiger partial charge in [-0.2, -0.15) is 0 Å². The molecular weight excluding hydrogens is 468 g/mol. The molecule has 0 aliphatic carbocycles. The Kier molecular flexibility index (Phi) is 8.18. The predicted octanol–water partition coefficient (Wildman–Crippen LogP) is 7.00. The number of ether oxygens (including phenoxy) is 1. The molecule has 1 aliphatic rings. The smallest absolute Gasteiger partial charge is 0.204 e. The van der Waals surface area contributed by atoms with Crippen LogP contribution in [0.15, 0.2) is 93.5 Å². The van der Waals surface area contributed by atoms with E-state index in [1.165, 1.54) is 11.3 Å². The molecule has 5 nitrogen and oxygen atoms in total. The maximum absolute atomic E-state index is 12.8. The van der Waals surface area contributed by atoms with Crippen molar-refractivity contribution >= 4 is 33.2 Å². The van der Waals surface area contributed by atoms with Crippen LogP contribution in [0, 0.1) is 11.3 Å². The molecule has 0 radical (unpaired) electrons. The van der Waals surface area contributed by atoms with E-state index in [0.717, 1.165) is 34.3 Å². The summed E-state index contributed by atoms with van der Waals surface area (Å²) in [5.41, 5.74) is 5.36. The topological polar surface area (TPSA) is 66.5 Å². The summed E-state index contributed by atoms with van der Waals surface area (Å²) in [7, 11) is 0. The van der Waals surface area contributed by atoms with Gasteiger partial charge in [0.1, 0.15) is 4.70 Å². The van der Waals surface area contributed by atoms with Gasteiger partial charge in [-0.25, -0.2) is 0 Å². The fourth-order valence-electron chi connectivity index (χ4n) is 4.16. The van der Waals surface area contributed by atoms with Gasteiger partial charge in [0.15, 0.2) is 11.5 Å². The number of hydrogen-bond acceptors (Lipinski definition) is 6. The highest BCUT2D eigenvalue weighted by atomic mass is 32.1. The van der Waals surface area contributed by atoms with Crippen LogP contribution in [0.1, 0.15) is 25.8 Å². The molecule has 0 saturated carbocycles. The Hall–Kier alpha value is -3.48. The molecular formula is C30H32N2O3S. The first-order valence-electron chi connectivity index (χ1n) is 12.2. The van der Waals surface area contributed by atoms with Crippen LogP contribution in [-0.2, 0) is 4.74 Å². The van der Waals surface area contributed by atoms with Gasteiger partial charge in [-0.1, -0.05) is 82.0 Å². The summed E-state index contributed by atoms with van der Waals surface area (Å²) in [4.78, 5) is 14.9. The van der Waals surface area contributed by atoms with E-state index in [4.69, 9.17) is 14.6 Å². The van der Waals surface area contributed by atoms with Gasteiger partial charge in [0.25, 0.3) is 0 Å². The van der Waals surface area contributed by atoms with Crippen molar-refractivity contribution in [3.63, 3.8) is 0 Å². The molecule has 0 bridgehead atoms. The number of rotatable bonds is 9. The lowest BCUT2D eigenvalue weighted by Crippen LogP contribution is -2.36. The average Bonchev–Trinajstić information content (AvgIpc) is 3.35. The number of nitrogens with zero attached hydrogens (tertiary/aromatic N) is 1. The van der Waals surface area contributed by atoms with E-state index in [9.17, 15) is 4.79 Å². The van der Waals surface area contributed by atoms with Crippen LogP contribution in [0.25, 0.3) is 21.4 Å². The van der Waals surface area contributed by atoms with E-state index in [1.54, 1.807) is 18.2 Å². The van der Waals surface area contributed by atoms with Crippen molar-refractivity contribution in [2.24, 2.45) is 5.92 Å². The largest absolute Gasteiger partial charge is 0.439 e. The molecule has 1 unspecified atom stereocenters. The van der Waals surface area contributed by atoms with Crippen LogP contribution < -0.4 is 10.3 Å². The Bertz CT molecular complexity index is 1390. The van der Waals surface area contributed by atoms with Crippen molar-refractivity contribution in [3.8, 4) is 11.1 Å². The van der Waals surface area contributed by atoms with Crippen LogP contribution in [0.3, 0.4) is 0 Å². The summed E-state index contributed by atoms with van der Waals surface area (Å²) in [6, 6.07) is 9.45. The zero-order chi connectivity index (χ0) is 25.7. The first-order valence-corrected chi connectivity index (χ1v) is 13.1. The number of anilines is 1. The van der Waals surface area contributed by atoms with E-state index in [2.05, 4.69) is 38.0 Å². The molecule has 0 spiro atoms. The number of morpholine rings is 1. The summed E-state index contributed by atoms with van der Waals surface area (Å²) in [5.74, 6) is 0.910. The average molecular weight is 501 g/mol. The second-order valence-corrected chi connectivity index (χ2v) is 9.72. The van der Waals surface area contributed by atoms with Gasteiger partial charge in [-0.15, -0.1) is 11.3 Å². The molecule has 0 amide bonds. The summed E-state index contributed by atoms with van der Waals surface area (Å²) < 4.78 is 12.3. The second-order valence-electron chi connectivity index (χ2n) is 8.84. The molecule has 1 saturated heterocycles. The lowest BCUT2D eigenvalue weighted by atomic mass is 9.91. The summed E-state index contributed by atoms with van der Waals surface area (Å²) in [6.07, 6.45) is 8.48. The number of thiophene rings is 1. The lowest BCUT2D eigenvalue weighted by Gasteiger charge is -2.27. The molecule has 1 aliphatic heterocycles. The Morgan fingerprint density at radius 1 is 1.22 bits per heavy atom. The van der Waals surface area contributed by atoms with Crippen molar-refractivity contribution < 1.29 is 9.15 Å². The number of benzene rings is 1. The fourth-order valence-corrected chi connectivity index (χ4v) is 5.07. The van der Waals surface area contributed by atoms with Crippen molar-refractivity contribution in [3.05, 3.63) is 100 Å². The summed E-state index contributed by atoms with van der Waals surface area (Å²) in [6.45, 7) is 14.7. The quantitative estimate of drug-likeness (QED) is 0.254. The minimum atomic E-state index is -0.0295. The number of allylic oxidation sites excluding steroid dienone is 6. The lowest BCUT2D eigenvalue weighted by molar-refractivity contribution is 0.121. The second kappa shape index (κ2) is 11.5. The van der Waals surface area contributed by atoms with Crippen LogP contribution in [0.2, 0.25) is 0 Å². The molecule has 4 rings (SSSR count). The van der Waals surface area contributed by atoms with E-state index in [1.807, 2.05) is 35.7 Å². The van der Waals surface area contributed by atoms with Crippen LogP contribution in [-0.4, -0.2) is 32.0 Å². The highest BCUT2D eigenvalue weighted by Gasteiger charge is 2.19. The zero-order valence-corrected chi connectivity index (χ0v) is 21.7. The Morgan fingerprint density at radius 3 is 2.58 bits per heavy atom. The van der Waals surface area contributed by atoms with Gasteiger partial charge in [0.05, 0.1) is 18.9 Å². The molecule has 2 aromatic heterocycles. The normalized spacial score (nSPS) is 15.7. The molecule has 36 heavy (non-hydrogen) atoms. The first kappa shape index (κ1) is 25.6. The Balaban J connectivity index is 1.69. The standard InChI is InChI=1S/C30H32N2O3S/c1-5-8-21(7-3)24(17-20(4)6-2)28(31)23-11-9-22(10-12-23)25-19-36-30-26(33)18-27(35-29(25)30)32-13-15-34-16-14-32/h5,7-12,17-20,31H,1,3,6,13-16H2,2,4H3/b21-8-,24-17+,31-28?. The Morgan fingerprint density at radius 2 is 1.94 bits per heavy atom. The molecule has 3 heterocycles. The maximum atomic E-state index is 12.8. The minimum absolute atomic E-state index is 0.0295. The summed E-state index contributed by atoms with van der Waals surface area (Å²) >= 11 is 1.40. The molecule has 1 fully saturated rings. The van der Waals surface area contributed by atoms with Crippen molar-refractivity contribution in [1.29, 1.82) is 5.41 Å². The van der Waals surface area contributed by atoms with Crippen molar-refractivity contribution in [2.75, 3.05) is 31.2 Å². The van der Waals surface area contributed by atoms with E-state index in [0.29, 0.717) is 54.1 Å².